The molecule has 0 spiro atoms. The lowest BCUT2D eigenvalue weighted by molar-refractivity contribution is 0.669. The van der Waals surface area contributed by atoms with Crippen LogP contribution in [0.25, 0.3) is 103 Å². The number of furan rings is 2. The van der Waals surface area contributed by atoms with Crippen LogP contribution in [0.4, 0.5) is 0 Å². The highest BCUT2D eigenvalue weighted by atomic mass is 32.2. The van der Waals surface area contributed by atoms with E-state index in [1.165, 1.54) is 83.6 Å². The van der Waals surface area contributed by atoms with Crippen molar-refractivity contribution in [2.24, 2.45) is 0 Å². The van der Waals surface area contributed by atoms with Gasteiger partial charge in [-0.1, -0.05) is 163 Å². The third-order valence-electron chi connectivity index (χ3n) is 14.1. The maximum Gasteiger partial charge on any atom is 0.186 e. The van der Waals surface area contributed by atoms with E-state index in [1.54, 1.807) is 0 Å². The Bertz CT molecular complexity index is 4310. The third kappa shape index (κ3) is 4.98. The molecule has 0 amide bonds. The van der Waals surface area contributed by atoms with Crippen LogP contribution in [0.1, 0.15) is 0 Å². The van der Waals surface area contributed by atoms with Gasteiger partial charge in [-0.3, -0.25) is 0 Å². The van der Waals surface area contributed by atoms with Crippen LogP contribution in [-0.4, -0.2) is 12.6 Å². The van der Waals surface area contributed by atoms with Crippen LogP contribution in [0.5, 0.6) is 0 Å². The summed E-state index contributed by atoms with van der Waals surface area (Å²) in [6.45, 7) is 0. The minimum Gasteiger partial charge on any atom is -0.456 e. The van der Waals surface area contributed by atoms with E-state index in [-0.39, 0.29) is 0 Å². The van der Waals surface area contributed by atoms with E-state index in [2.05, 4.69) is 217 Å². The van der Waals surface area contributed by atoms with E-state index in [9.17, 15) is 0 Å². The number of para-hydroxylation sites is 4. The summed E-state index contributed by atoms with van der Waals surface area (Å²) in [6, 6.07) is 78.5. The molecule has 5 heterocycles. The summed E-state index contributed by atoms with van der Waals surface area (Å²) in [7, 11) is -3.18. The zero-order chi connectivity index (χ0) is 43.1. The van der Waals surface area contributed by atoms with Gasteiger partial charge in [0, 0.05) is 68.0 Å². The van der Waals surface area contributed by atoms with Gasteiger partial charge in [0.2, 0.25) is 0 Å². The monoisotopic (exact) mass is 893 g/mol. The van der Waals surface area contributed by atoms with E-state index < -0.39 is 8.07 Å². The number of aromatic nitrogens is 1. The van der Waals surface area contributed by atoms with Gasteiger partial charge in [0.1, 0.15) is 22.3 Å². The standard InChI is InChI=1S/C60H35NO2S2Si/c1-5-20-48-40(13-1)41-14-2-6-21-49(41)61(48)37-28-30-51-46(34-37)47-35-38(29-31-52(47)62-51)66(58-26-12-18-44-42-15-3-7-22-50(42)63-59(44)58)56-25-10-9-24-54(56)64-55-33-36(27-32-57(55)66)39-17-11-19-45-43-16-4-8-23-53(43)65-60(39)45/h1-35H. The lowest BCUT2D eigenvalue weighted by Gasteiger charge is -2.40. The van der Waals surface area contributed by atoms with Gasteiger partial charge in [0.05, 0.1) is 11.0 Å². The Morgan fingerprint density at radius 3 is 1.89 bits per heavy atom. The summed E-state index contributed by atoms with van der Waals surface area (Å²) in [6.07, 6.45) is 0. The molecule has 0 aliphatic carbocycles. The average Bonchev–Trinajstić information content (AvgIpc) is 4.14. The SMILES string of the molecule is c1ccc2c(c1)Sc1cc(-c3cccc4c3sc3ccccc34)ccc1[Si]2(c1ccc2oc3ccc(-n4c5ccccc5c5ccccc54)cc3c2c1)c1cccc2c1oc1ccccc12. The number of thiophene rings is 1. The Morgan fingerprint density at radius 2 is 1.03 bits per heavy atom. The number of hydrogen-bond acceptors (Lipinski definition) is 4. The number of rotatable bonds is 4. The molecule has 1 aliphatic heterocycles. The smallest absolute Gasteiger partial charge is 0.186 e. The Morgan fingerprint density at radius 1 is 0.394 bits per heavy atom. The number of benzene rings is 10. The highest BCUT2D eigenvalue weighted by Crippen LogP contribution is 2.43. The predicted molar refractivity (Wildman–Crippen MR) is 281 cm³/mol. The Hall–Kier alpha value is -7.61. The fourth-order valence-corrected chi connectivity index (χ4v) is 19.7. The molecule has 0 N–H and O–H groups in total. The largest absolute Gasteiger partial charge is 0.456 e. The minimum absolute atomic E-state index is 0.877. The maximum atomic E-state index is 7.06. The number of nitrogens with zero attached hydrogens (tertiary/aromatic N) is 1. The second-order valence-electron chi connectivity index (χ2n) is 17.5. The number of fused-ring (bicyclic) bond motifs is 14. The molecule has 15 rings (SSSR count). The van der Waals surface area contributed by atoms with E-state index in [0.717, 1.165) is 49.6 Å². The van der Waals surface area contributed by atoms with Crippen LogP contribution in [0.3, 0.4) is 0 Å². The summed E-state index contributed by atoms with van der Waals surface area (Å²) in [5.41, 5.74) is 9.61. The summed E-state index contributed by atoms with van der Waals surface area (Å²) >= 11 is 3.79. The molecule has 0 fully saturated rings. The van der Waals surface area contributed by atoms with Gasteiger partial charge in [-0.2, -0.15) is 0 Å². The van der Waals surface area contributed by atoms with Gasteiger partial charge in [-0.15, -0.1) is 11.3 Å². The van der Waals surface area contributed by atoms with E-state index in [1.807, 2.05) is 23.1 Å². The lowest BCUT2D eigenvalue weighted by atomic mass is 10.0. The summed E-state index contributed by atoms with van der Waals surface area (Å²) < 4.78 is 18.8. The maximum absolute atomic E-state index is 7.06. The molecule has 66 heavy (non-hydrogen) atoms. The molecule has 4 aromatic heterocycles. The van der Waals surface area contributed by atoms with Crippen molar-refractivity contribution in [3.8, 4) is 16.8 Å². The lowest BCUT2D eigenvalue weighted by Crippen LogP contribution is -2.76. The van der Waals surface area contributed by atoms with Crippen molar-refractivity contribution < 1.29 is 8.83 Å². The Balaban J connectivity index is 1.02. The molecule has 1 aliphatic rings. The first kappa shape index (κ1) is 36.7. The summed E-state index contributed by atoms with van der Waals surface area (Å²) in [5, 5.41) is 14.9. The van der Waals surface area contributed by atoms with Crippen molar-refractivity contribution in [3.63, 3.8) is 0 Å². The van der Waals surface area contributed by atoms with E-state index in [4.69, 9.17) is 8.83 Å². The van der Waals surface area contributed by atoms with Crippen LogP contribution in [0, 0.1) is 0 Å². The van der Waals surface area contributed by atoms with Gasteiger partial charge >= 0.3 is 0 Å². The topological polar surface area (TPSA) is 31.2 Å². The van der Waals surface area contributed by atoms with Crippen molar-refractivity contribution in [2.45, 2.75) is 9.79 Å². The molecule has 0 saturated heterocycles. The molecule has 14 aromatic rings. The molecule has 6 heteroatoms. The second-order valence-corrected chi connectivity index (χ2v) is 23.3. The van der Waals surface area contributed by atoms with Gasteiger partial charge < -0.3 is 13.4 Å². The molecular formula is C60H35NO2S2Si. The van der Waals surface area contributed by atoms with Gasteiger partial charge in [-0.05, 0) is 92.5 Å². The molecule has 308 valence electrons. The van der Waals surface area contributed by atoms with E-state index in [0.29, 0.717) is 0 Å². The quantitative estimate of drug-likeness (QED) is 0.165. The van der Waals surface area contributed by atoms with Crippen LogP contribution < -0.4 is 20.7 Å². The van der Waals surface area contributed by atoms with Crippen LogP contribution in [0.2, 0.25) is 0 Å². The fraction of sp³-hybridized carbons (Fsp3) is 0. The second kappa shape index (κ2) is 13.7. The normalized spacial score (nSPS) is 15.0. The zero-order valence-electron chi connectivity index (χ0n) is 35.3. The minimum atomic E-state index is -3.18. The first-order chi connectivity index (χ1) is 32.7. The van der Waals surface area contributed by atoms with Crippen molar-refractivity contribution in [3.05, 3.63) is 212 Å². The zero-order valence-corrected chi connectivity index (χ0v) is 37.9. The fourth-order valence-electron chi connectivity index (χ4n) is 11.3. The predicted octanol–water partition coefficient (Wildman–Crippen LogP) is 14.5. The average molecular weight is 894 g/mol. The van der Waals surface area contributed by atoms with Crippen LogP contribution in [-0.2, 0) is 0 Å². The van der Waals surface area contributed by atoms with Gasteiger partial charge in [0.25, 0.3) is 0 Å². The van der Waals surface area contributed by atoms with Crippen molar-refractivity contribution in [1.29, 1.82) is 0 Å². The van der Waals surface area contributed by atoms with Crippen molar-refractivity contribution in [1.82, 2.24) is 4.57 Å². The number of hydrogen-bond donors (Lipinski definition) is 0. The molecule has 3 nitrogen and oxygen atoms in total. The van der Waals surface area contributed by atoms with Gasteiger partial charge in [0.15, 0.2) is 8.07 Å². The van der Waals surface area contributed by atoms with E-state index >= 15 is 0 Å². The molecular weight excluding hydrogens is 859 g/mol. The molecule has 1 unspecified atom stereocenters. The third-order valence-corrected chi connectivity index (χ3v) is 21.7. The first-order valence-electron chi connectivity index (χ1n) is 22.4. The van der Waals surface area contributed by atoms with Crippen LogP contribution >= 0.6 is 23.1 Å². The molecule has 10 aromatic carbocycles. The summed E-state index contributed by atoms with van der Waals surface area (Å²) in [5.74, 6) is 0. The Kier molecular flexibility index (Phi) is 7.62. The molecule has 1 atom stereocenters. The van der Waals surface area contributed by atoms with Crippen LogP contribution in [0.15, 0.2) is 231 Å². The first-order valence-corrected chi connectivity index (χ1v) is 26.0. The highest BCUT2D eigenvalue weighted by molar-refractivity contribution is 8.00. The molecule has 0 saturated carbocycles. The summed E-state index contributed by atoms with van der Waals surface area (Å²) in [4.78, 5) is 2.57. The van der Waals surface area contributed by atoms with Gasteiger partial charge in [-0.25, -0.2) is 0 Å². The Labute approximate surface area is 387 Å². The van der Waals surface area contributed by atoms with Crippen molar-refractivity contribution in [2.75, 3.05) is 0 Å². The molecule has 0 radical (unpaired) electrons. The highest BCUT2D eigenvalue weighted by Gasteiger charge is 2.49. The van der Waals surface area contributed by atoms with Crippen molar-refractivity contribution >= 4 is 138 Å². The molecule has 0 bridgehead atoms.